The highest BCUT2D eigenvalue weighted by atomic mass is 15.3. The van der Waals surface area contributed by atoms with Gasteiger partial charge in [-0.15, -0.1) is 0 Å². The fourth-order valence-electron chi connectivity index (χ4n) is 1.42. The van der Waals surface area contributed by atoms with E-state index in [2.05, 4.69) is 10.4 Å². The van der Waals surface area contributed by atoms with E-state index in [-0.39, 0.29) is 0 Å². The van der Waals surface area contributed by atoms with Gasteiger partial charge in [0, 0.05) is 12.7 Å². The van der Waals surface area contributed by atoms with E-state index in [0.717, 1.165) is 25.2 Å². The van der Waals surface area contributed by atoms with Gasteiger partial charge < -0.3 is 11.1 Å². The molecule has 60 valence electrons. The van der Waals surface area contributed by atoms with Gasteiger partial charge in [0.25, 0.3) is 0 Å². The van der Waals surface area contributed by atoms with Gasteiger partial charge in [0.05, 0.1) is 17.9 Å². The van der Waals surface area contributed by atoms with Crippen molar-refractivity contribution in [2.45, 2.75) is 12.5 Å². The number of nitrogens with zero attached hydrogens (tertiary/aromatic N) is 2. The molecule has 0 spiro atoms. The molecule has 2 heterocycles. The predicted molar refractivity (Wildman–Crippen MR) is 43.2 cm³/mol. The molecule has 0 unspecified atom stereocenters. The standard InChI is InChI=1S/C7H12N4/c8-6-3-10-11(5-6)7-1-2-9-4-7/h3,5,7,9H,1-2,4,8H2/t7-/m0/s1. The molecule has 4 heteroatoms. The van der Waals surface area contributed by atoms with Gasteiger partial charge in [-0.3, -0.25) is 4.68 Å². The Kier molecular flexibility index (Phi) is 1.54. The van der Waals surface area contributed by atoms with Gasteiger partial charge in [-0.25, -0.2) is 0 Å². The molecule has 1 atom stereocenters. The molecule has 0 amide bonds. The quantitative estimate of drug-likeness (QED) is 0.595. The maximum atomic E-state index is 5.54. The van der Waals surface area contributed by atoms with E-state index in [1.807, 2.05) is 10.9 Å². The summed E-state index contributed by atoms with van der Waals surface area (Å²) >= 11 is 0. The molecule has 1 aliphatic rings. The first-order valence-electron chi connectivity index (χ1n) is 3.86. The second-order valence-corrected chi connectivity index (χ2v) is 2.90. The molecule has 4 nitrogen and oxygen atoms in total. The van der Waals surface area contributed by atoms with Crippen LogP contribution < -0.4 is 11.1 Å². The lowest BCUT2D eigenvalue weighted by molar-refractivity contribution is 0.491. The van der Waals surface area contributed by atoms with Crippen LogP contribution in [0.1, 0.15) is 12.5 Å². The van der Waals surface area contributed by atoms with Crippen molar-refractivity contribution in [3.63, 3.8) is 0 Å². The monoisotopic (exact) mass is 152 g/mol. The van der Waals surface area contributed by atoms with E-state index in [4.69, 9.17) is 5.73 Å². The minimum atomic E-state index is 0.507. The van der Waals surface area contributed by atoms with Crippen LogP contribution in [0.5, 0.6) is 0 Å². The highest BCUT2D eigenvalue weighted by Gasteiger charge is 2.16. The maximum Gasteiger partial charge on any atom is 0.0719 e. The second-order valence-electron chi connectivity index (χ2n) is 2.90. The second kappa shape index (κ2) is 2.54. The van der Waals surface area contributed by atoms with Crippen LogP contribution in [0.3, 0.4) is 0 Å². The third-order valence-electron chi connectivity index (χ3n) is 2.03. The molecular formula is C7H12N4. The summed E-state index contributed by atoms with van der Waals surface area (Å²) in [5.74, 6) is 0. The van der Waals surface area contributed by atoms with Crippen LogP contribution in [-0.4, -0.2) is 22.9 Å². The summed E-state index contributed by atoms with van der Waals surface area (Å²) < 4.78 is 1.94. The first-order valence-corrected chi connectivity index (χ1v) is 3.86. The Morgan fingerprint density at radius 3 is 3.18 bits per heavy atom. The van der Waals surface area contributed by atoms with Crippen molar-refractivity contribution in [1.82, 2.24) is 15.1 Å². The van der Waals surface area contributed by atoms with E-state index < -0.39 is 0 Å². The lowest BCUT2D eigenvalue weighted by atomic mass is 10.3. The Labute approximate surface area is 65.4 Å². The van der Waals surface area contributed by atoms with Crippen LogP contribution in [0.25, 0.3) is 0 Å². The third kappa shape index (κ3) is 1.21. The zero-order chi connectivity index (χ0) is 7.68. The van der Waals surface area contributed by atoms with Gasteiger partial charge in [-0.2, -0.15) is 5.10 Å². The van der Waals surface area contributed by atoms with Crippen LogP contribution in [0, 0.1) is 0 Å². The van der Waals surface area contributed by atoms with E-state index in [1.165, 1.54) is 0 Å². The number of nitrogens with one attached hydrogen (secondary N) is 1. The minimum Gasteiger partial charge on any atom is -0.396 e. The summed E-state index contributed by atoms with van der Waals surface area (Å²) in [6.45, 7) is 2.10. The number of nitrogen functional groups attached to an aromatic ring is 1. The van der Waals surface area contributed by atoms with Gasteiger partial charge in [0.1, 0.15) is 0 Å². The number of nitrogens with two attached hydrogens (primary N) is 1. The van der Waals surface area contributed by atoms with Crippen LogP contribution >= 0.6 is 0 Å². The summed E-state index contributed by atoms with van der Waals surface area (Å²) in [6.07, 6.45) is 4.73. The van der Waals surface area contributed by atoms with Crippen molar-refractivity contribution in [3.8, 4) is 0 Å². The van der Waals surface area contributed by atoms with Crippen molar-refractivity contribution in [2.75, 3.05) is 18.8 Å². The predicted octanol–water partition coefficient (Wildman–Crippen LogP) is -0.000300. The molecule has 2 rings (SSSR count). The Bertz CT molecular complexity index is 236. The molecule has 1 fully saturated rings. The summed E-state index contributed by atoms with van der Waals surface area (Å²) in [4.78, 5) is 0. The van der Waals surface area contributed by atoms with Crippen LogP contribution in [0.15, 0.2) is 12.4 Å². The number of hydrogen-bond acceptors (Lipinski definition) is 3. The Morgan fingerprint density at radius 1 is 1.73 bits per heavy atom. The summed E-state index contributed by atoms with van der Waals surface area (Å²) in [5, 5.41) is 7.43. The number of rotatable bonds is 1. The third-order valence-corrected chi connectivity index (χ3v) is 2.03. The van der Waals surface area contributed by atoms with Crippen molar-refractivity contribution in [2.24, 2.45) is 0 Å². The first kappa shape index (κ1) is 6.67. The zero-order valence-corrected chi connectivity index (χ0v) is 6.33. The van der Waals surface area contributed by atoms with Gasteiger partial charge in [0.2, 0.25) is 0 Å². The molecule has 0 aromatic carbocycles. The lowest BCUT2D eigenvalue weighted by Crippen LogP contribution is -2.13. The smallest absolute Gasteiger partial charge is 0.0719 e. The number of aromatic nitrogens is 2. The molecule has 11 heavy (non-hydrogen) atoms. The SMILES string of the molecule is Nc1cnn([C@H]2CCNC2)c1. The fraction of sp³-hybridized carbons (Fsp3) is 0.571. The molecular weight excluding hydrogens is 140 g/mol. The molecule has 1 aliphatic heterocycles. The van der Waals surface area contributed by atoms with Gasteiger partial charge in [-0.1, -0.05) is 0 Å². The molecule has 1 saturated heterocycles. The fourth-order valence-corrected chi connectivity index (χ4v) is 1.42. The summed E-state index contributed by atoms with van der Waals surface area (Å²) in [5.41, 5.74) is 6.29. The van der Waals surface area contributed by atoms with Crippen molar-refractivity contribution < 1.29 is 0 Å². The molecule has 1 aromatic heterocycles. The van der Waals surface area contributed by atoms with Crippen molar-refractivity contribution in [3.05, 3.63) is 12.4 Å². The number of hydrogen-bond donors (Lipinski definition) is 2. The summed E-state index contributed by atoms with van der Waals surface area (Å²) in [7, 11) is 0. The van der Waals surface area contributed by atoms with E-state index >= 15 is 0 Å². The Morgan fingerprint density at radius 2 is 2.64 bits per heavy atom. The molecule has 0 saturated carbocycles. The Hall–Kier alpha value is -1.03. The average molecular weight is 152 g/mol. The normalized spacial score (nSPS) is 24.2. The highest BCUT2D eigenvalue weighted by Crippen LogP contribution is 2.14. The van der Waals surface area contributed by atoms with Crippen molar-refractivity contribution in [1.29, 1.82) is 0 Å². The van der Waals surface area contributed by atoms with Crippen LogP contribution in [0.2, 0.25) is 0 Å². The lowest BCUT2D eigenvalue weighted by Gasteiger charge is -2.07. The van der Waals surface area contributed by atoms with E-state index in [0.29, 0.717) is 6.04 Å². The first-order chi connectivity index (χ1) is 5.36. The average Bonchev–Trinajstić information content (AvgIpc) is 2.55. The highest BCUT2D eigenvalue weighted by molar-refractivity contribution is 5.30. The van der Waals surface area contributed by atoms with Gasteiger partial charge in [-0.05, 0) is 13.0 Å². The number of anilines is 1. The van der Waals surface area contributed by atoms with Gasteiger partial charge >= 0.3 is 0 Å². The molecule has 0 radical (unpaired) electrons. The van der Waals surface area contributed by atoms with Crippen molar-refractivity contribution >= 4 is 5.69 Å². The zero-order valence-electron chi connectivity index (χ0n) is 6.33. The van der Waals surface area contributed by atoms with E-state index in [9.17, 15) is 0 Å². The molecule has 3 N–H and O–H groups in total. The molecule has 0 bridgehead atoms. The maximum absolute atomic E-state index is 5.54. The van der Waals surface area contributed by atoms with Gasteiger partial charge in [0.15, 0.2) is 0 Å². The largest absolute Gasteiger partial charge is 0.396 e. The molecule has 0 aliphatic carbocycles. The topological polar surface area (TPSA) is 55.9 Å². The Balaban J connectivity index is 2.15. The van der Waals surface area contributed by atoms with Crippen LogP contribution in [-0.2, 0) is 0 Å². The van der Waals surface area contributed by atoms with Crippen LogP contribution in [0.4, 0.5) is 5.69 Å². The minimum absolute atomic E-state index is 0.507. The van der Waals surface area contributed by atoms with E-state index in [1.54, 1.807) is 6.20 Å². The summed E-state index contributed by atoms with van der Waals surface area (Å²) in [6, 6.07) is 0.507. The molecule has 1 aromatic rings.